The Morgan fingerprint density at radius 1 is 1.09 bits per heavy atom. The minimum Gasteiger partial charge on any atom is -0.497 e. The molecular formula is C27H31N3O3S. The molecule has 6 nitrogen and oxygen atoms in total. The van der Waals surface area contributed by atoms with Crippen molar-refractivity contribution in [3.63, 3.8) is 0 Å². The summed E-state index contributed by atoms with van der Waals surface area (Å²) in [5.74, 6) is 1.81. The third kappa shape index (κ3) is 5.91. The normalized spacial score (nSPS) is 12.5. The minimum absolute atomic E-state index is 0.138. The van der Waals surface area contributed by atoms with Gasteiger partial charge in [0.25, 0.3) is 5.56 Å². The fraction of sp³-hybridized carbons (Fsp3) is 0.333. The Bertz CT molecular complexity index is 1270. The maximum atomic E-state index is 13.1. The summed E-state index contributed by atoms with van der Waals surface area (Å²) in [4.78, 5) is 23.7. The molecule has 0 unspecified atom stereocenters. The summed E-state index contributed by atoms with van der Waals surface area (Å²) in [5, 5.41) is 13.3. The minimum atomic E-state index is -0.500. The molecule has 0 fully saturated rings. The van der Waals surface area contributed by atoms with Gasteiger partial charge in [-0.2, -0.15) is 0 Å². The smallest absolute Gasteiger partial charge is 0.260 e. The first kappa shape index (κ1) is 24.1. The van der Waals surface area contributed by atoms with E-state index in [4.69, 9.17) is 9.72 Å². The van der Waals surface area contributed by atoms with Crippen molar-refractivity contribution in [2.75, 3.05) is 20.2 Å². The largest absolute Gasteiger partial charge is 0.497 e. The predicted molar refractivity (Wildman–Crippen MR) is 138 cm³/mol. The van der Waals surface area contributed by atoms with Gasteiger partial charge in [0.05, 0.1) is 25.1 Å². The van der Waals surface area contributed by atoms with Gasteiger partial charge >= 0.3 is 0 Å². The Morgan fingerprint density at radius 3 is 2.50 bits per heavy atom. The average molecular weight is 478 g/mol. The van der Waals surface area contributed by atoms with E-state index in [9.17, 15) is 9.90 Å². The number of benzene rings is 2. The number of hydrogen-bond donors (Lipinski definition) is 2. The van der Waals surface area contributed by atoms with Crippen LogP contribution >= 0.6 is 11.3 Å². The second-order valence-electron chi connectivity index (χ2n) is 9.00. The standard InChI is InChI=1S/C27H31N3O3S/c1-18(2)14-30(15-21(31)13-19-7-5-4-6-8-19)16-24-28-26(32)25-23(17-34-27(25)29-24)20-9-11-22(33-3)12-10-20/h4-12,17-18,21,31H,13-16H2,1-3H3,(H,28,29,32)/t21-/m1/s1. The molecule has 4 rings (SSSR count). The summed E-state index contributed by atoms with van der Waals surface area (Å²) in [6.45, 7) is 6.09. The van der Waals surface area contributed by atoms with Crippen molar-refractivity contribution in [3.8, 4) is 16.9 Å². The highest BCUT2D eigenvalue weighted by molar-refractivity contribution is 7.17. The molecule has 4 aromatic rings. The number of nitrogens with one attached hydrogen (secondary N) is 1. The molecule has 34 heavy (non-hydrogen) atoms. The molecule has 7 heteroatoms. The molecule has 0 spiro atoms. The highest BCUT2D eigenvalue weighted by Crippen LogP contribution is 2.31. The van der Waals surface area contributed by atoms with E-state index in [1.54, 1.807) is 7.11 Å². The van der Waals surface area contributed by atoms with Gasteiger partial charge in [-0.15, -0.1) is 11.3 Å². The fourth-order valence-electron chi connectivity index (χ4n) is 4.23. The summed E-state index contributed by atoms with van der Waals surface area (Å²) in [6, 6.07) is 17.7. The molecule has 0 bridgehead atoms. The molecule has 0 aliphatic heterocycles. The number of aliphatic hydroxyl groups is 1. The first-order valence-electron chi connectivity index (χ1n) is 11.5. The predicted octanol–water partition coefficient (Wildman–Crippen LogP) is 4.72. The van der Waals surface area contributed by atoms with E-state index in [1.807, 2.05) is 60.0 Å². The van der Waals surface area contributed by atoms with Crippen molar-refractivity contribution in [2.24, 2.45) is 5.92 Å². The van der Waals surface area contributed by atoms with Crippen LogP contribution in [0.2, 0.25) is 0 Å². The highest BCUT2D eigenvalue weighted by atomic mass is 32.1. The van der Waals surface area contributed by atoms with Crippen LogP contribution in [0.1, 0.15) is 25.2 Å². The van der Waals surface area contributed by atoms with Crippen LogP contribution in [0.15, 0.2) is 64.8 Å². The summed E-state index contributed by atoms with van der Waals surface area (Å²) in [6.07, 6.45) is 0.0918. The molecular weight excluding hydrogens is 446 g/mol. The lowest BCUT2D eigenvalue weighted by molar-refractivity contribution is 0.100. The number of ether oxygens (including phenoxy) is 1. The topological polar surface area (TPSA) is 78.5 Å². The van der Waals surface area contributed by atoms with Gasteiger partial charge in [-0.25, -0.2) is 4.98 Å². The van der Waals surface area contributed by atoms with Gasteiger partial charge in [-0.05, 0) is 35.6 Å². The fourth-order valence-corrected chi connectivity index (χ4v) is 5.20. The second-order valence-corrected chi connectivity index (χ2v) is 9.86. The van der Waals surface area contributed by atoms with Crippen LogP contribution in [-0.2, 0) is 13.0 Å². The van der Waals surface area contributed by atoms with Crippen LogP contribution in [0.4, 0.5) is 0 Å². The zero-order valence-corrected chi connectivity index (χ0v) is 20.6. The van der Waals surface area contributed by atoms with E-state index in [1.165, 1.54) is 11.3 Å². The van der Waals surface area contributed by atoms with Crippen LogP contribution in [0, 0.1) is 5.92 Å². The molecule has 1 atom stereocenters. The van der Waals surface area contributed by atoms with Crippen molar-refractivity contribution in [1.29, 1.82) is 0 Å². The number of H-pyrrole nitrogens is 1. The molecule has 0 saturated carbocycles. The van der Waals surface area contributed by atoms with E-state index in [0.717, 1.165) is 33.8 Å². The molecule has 0 radical (unpaired) electrons. The lowest BCUT2D eigenvalue weighted by Gasteiger charge is -2.26. The second kappa shape index (κ2) is 11.0. The lowest BCUT2D eigenvalue weighted by atomic mass is 10.1. The Labute approximate surface area is 203 Å². The van der Waals surface area contributed by atoms with E-state index in [0.29, 0.717) is 36.6 Å². The maximum absolute atomic E-state index is 13.1. The molecule has 2 N–H and O–H groups in total. The van der Waals surface area contributed by atoms with Crippen LogP contribution in [-0.4, -0.2) is 46.3 Å². The van der Waals surface area contributed by atoms with Gasteiger partial charge in [0.15, 0.2) is 0 Å². The molecule has 0 saturated heterocycles. The zero-order valence-electron chi connectivity index (χ0n) is 19.8. The summed E-state index contributed by atoms with van der Waals surface area (Å²) < 4.78 is 5.24. The quantitative estimate of drug-likeness (QED) is 0.346. The van der Waals surface area contributed by atoms with Crippen molar-refractivity contribution < 1.29 is 9.84 Å². The number of rotatable bonds is 10. The number of nitrogens with zero attached hydrogens (tertiary/aromatic N) is 2. The molecule has 0 aliphatic carbocycles. The van der Waals surface area contributed by atoms with Crippen LogP contribution < -0.4 is 10.3 Å². The molecule has 2 aromatic carbocycles. The summed E-state index contributed by atoms with van der Waals surface area (Å²) in [5.41, 5.74) is 2.80. The lowest BCUT2D eigenvalue weighted by Crippen LogP contribution is -2.36. The molecule has 2 aromatic heterocycles. The maximum Gasteiger partial charge on any atom is 0.260 e. The van der Waals surface area contributed by atoms with E-state index < -0.39 is 6.10 Å². The van der Waals surface area contributed by atoms with Crippen molar-refractivity contribution in [1.82, 2.24) is 14.9 Å². The molecule has 2 heterocycles. The van der Waals surface area contributed by atoms with E-state index >= 15 is 0 Å². The zero-order chi connectivity index (χ0) is 24.1. The average Bonchev–Trinajstić information content (AvgIpc) is 3.24. The number of methoxy groups -OCH3 is 1. The number of aliphatic hydroxyl groups excluding tert-OH is 1. The van der Waals surface area contributed by atoms with Gasteiger partial charge < -0.3 is 14.8 Å². The van der Waals surface area contributed by atoms with Gasteiger partial charge in [-0.1, -0.05) is 56.3 Å². The Hall–Kier alpha value is -3.00. The van der Waals surface area contributed by atoms with Gasteiger partial charge in [0, 0.05) is 24.0 Å². The van der Waals surface area contributed by atoms with Gasteiger partial charge in [-0.3, -0.25) is 9.69 Å². The van der Waals surface area contributed by atoms with Crippen molar-refractivity contribution in [3.05, 3.63) is 81.7 Å². The van der Waals surface area contributed by atoms with Crippen molar-refractivity contribution >= 4 is 21.6 Å². The van der Waals surface area contributed by atoms with E-state index in [2.05, 4.69) is 23.7 Å². The van der Waals surface area contributed by atoms with Crippen molar-refractivity contribution in [2.45, 2.75) is 32.9 Å². The van der Waals surface area contributed by atoms with E-state index in [-0.39, 0.29) is 5.56 Å². The Balaban J connectivity index is 1.54. The Morgan fingerprint density at radius 2 is 1.82 bits per heavy atom. The van der Waals surface area contributed by atoms with Gasteiger partial charge in [0.1, 0.15) is 16.4 Å². The number of aromatic amines is 1. The third-order valence-corrected chi connectivity index (χ3v) is 6.55. The number of thiophene rings is 1. The monoisotopic (exact) mass is 477 g/mol. The van der Waals surface area contributed by atoms with Gasteiger partial charge in [0.2, 0.25) is 0 Å². The number of hydrogen-bond acceptors (Lipinski definition) is 6. The highest BCUT2D eigenvalue weighted by Gasteiger charge is 2.18. The summed E-state index contributed by atoms with van der Waals surface area (Å²) in [7, 11) is 1.63. The van der Waals surface area contributed by atoms with Crippen LogP contribution in [0.5, 0.6) is 5.75 Å². The SMILES string of the molecule is COc1ccc(-c2csc3nc(CN(CC(C)C)C[C@H](O)Cc4ccccc4)[nH]c(=O)c23)cc1. The summed E-state index contributed by atoms with van der Waals surface area (Å²) >= 11 is 1.47. The first-order chi connectivity index (χ1) is 16.4. The molecule has 0 amide bonds. The number of fused-ring (bicyclic) bond motifs is 1. The van der Waals surface area contributed by atoms with Crippen LogP contribution in [0.25, 0.3) is 21.3 Å². The number of aromatic nitrogens is 2. The molecule has 0 aliphatic rings. The molecule has 178 valence electrons. The first-order valence-corrected chi connectivity index (χ1v) is 12.4. The van der Waals surface area contributed by atoms with Crippen LogP contribution in [0.3, 0.4) is 0 Å². The Kier molecular flexibility index (Phi) is 7.77. The third-order valence-electron chi connectivity index (χ3n) is 5.67.